The van der Waals surface area contributed by atoms with Crippen LogP contribution in [-0.4, -0.2) is 5.78 Å². The van der Waals surface area contributed by atoms with Crippen LogP contribution in [0.4, 0.5) is 10.1 Å². The van der Waals surface area contributed by atoms with Crippen molar-refractivity contribution < 1.29 is 9.18 Å². The van der Waals surface area contributed by atoms with Gasteiger partial charge in [-0.25, -0.2) is 4.39 Å². The van der Waals surface area contributed by atoms with E-state index in [4.69, 9.17) is 5.73 Å². The summed E-state index contributed by atoms with van der Waals surface area (Å²) >= 11 is 0. The Balaban J connectivity index is 0.000000348. The standard InChI is InChI=1S/C27H24FNO.C6H7N/c1-27(2)15-18(26(30)16-3-6-19(28)7-4-16)14-24-23-9-5-17-13-20(29)8-10-21(17)22(23)11-12-25(24)27;1-2-4-6-7-5-3-1/h3-4,6-14,18H,5,15,29H2,1-2H3;1-7H. The predicted octanol–water partition coefficient (Wildman–Crippen LogP) is 5.55. The molecule has 0 saturated heterocycles. The van der Waals surface area contributed by atoms with Crippen LogP contribution in [-0.2, 0) is 11.8 Å². The summed E-state index contributed by atoms with van der Waals surface area (Å²) < 4.78 is 13.3. The average molecular weight is 491 g/mol. The van der Waals surface area contributed by atoms with Crippen molar-refractivity contribution in [3.63, 3.8) is 0 Å². The normalized spacial score (nSPS) is 17.9. The van der Waals surface area contributed by atoms with E-state index >= 15 is 0 Å². The molecular weight excluding hydrogens is 459 g/mol. The summed E-state index contributed by atoms with van der Waals surface area (Å²) in [7, 11) is 0. The van der Waals surface area contributed by atoms with Crippen molar-refractivity contribution in [2.24, 2.45) is 5.92 Å². The van der Waals surface area contributed by atoms with Gasteiger partial charge in [-0.05, 0) is 99.5 Å². The Labute approximate surface area is 217 Å². The number of nitrogen functional groups attached to an aromatic ring is 1. The van der Waals surface area contributed by atoms with Crippen molar-refractivity contribution in [3.8, 4) is 11.1 Å². The number of rotatable bonds is 2. The van der Waals surface area contributed by atoms with E-state index in [1.165, 1.54) is 39.6 Å². The smallest absolute Gasteiger partial charge is 0.169 e. The third kappa shape index (κ3) is 5.05. The number of nitrogens with one attached hydrogen (secondary N) is 1. The van der Waals surface area contributed by atoms with Gasteiger partial charge in [0.15, 0.2) is 5.78 Å². The van der Waals surface area contributed by atoms with E-state index in [1.807, 2.05) is 48.8 Å². The third-order valence-electron chi connectivity index (χ3n) is 7.24. The predicted molar refractivity (Wildman–Crippen MR) is 151 cm³/mol. The first kappa shape index (κ1) is 24.5. The SMILES string of the molecule is C1=CC=CNC=C1.CC1(C)CC(C(=O)c2ccc(F)cc2)C=c2c1ccc1c2=CCc2cc(N)ccc2-1. The van der Waals surface area contributed by atoms with E-state index in [1.54, 1.807) is 12.1 Å². The summed E-state index contributed by atoms with van der Waals surface area (Å²) in [6.45, 7) is 4.40. The van der Waals surface area contributed by atoms with Gasteiger partial charge in [0, 0.05) is 29.6 Å². The molecule has 3 N–H and O–H groups in total. The topological polar surface area (TPSA) is 55.1 Å². The Bertz CT molecular complexity index is 1550. The van der Waals surface area contributed by atoms with Crippen LogP contribution in [0.2, 0.25) is 0 Å². The maximum Gasteiger partial charge on any atom is 0.169 e. The number of halogens is 1. The van der Waals surface area contributed by atoms with Gasteiger partial charge in [0.05, 0.1) is 0 Å². The number of benzene rings is 3. The molecule has 0 radical (unpaired) electrons. The Morgan fingerprint density at radius 2 is 1.62 bits per heavy atom. The first-order chi connectivity index (χ1) is 17.8. The van der Waals surface area contributed by atoms with Crippen LogP contribution in [0.5, 0.6) is 0 Å². The molecule has 0 amide bonds. The maximum atomic E-state index is 13.3. The first-order valence-corrected chi connectivity index (χ1v) is 12.6. The second-order valence-corrected chi connectivity index (χ2v) is 10.3. The molecule has 3 aromatic carbocycles. The van der Waals surface area contributed by atoms with Crippen molar-refractivity contribution in [1.82, 2.24) is 5.32 Å². The fourth-order valence-electron chi connectivity index (χ4n) is 5.44. The van der Waals surface area contributed by atoms with Crippen LogP contribution in [0.15, 0.2) is 91.3 Å². The zero-order chi connectivity index (χ0) is 26.0. The maximum absolute atomic E-state index is 13.3. The average Bonchev–Trinajstić information content (AvgIpc) is 3.21. The molecule has 6 rings (SSSR count). The number of nitrogens with two attached hydrogens (primary N) is 1. The molecular formula is C33H31FN2O. The van der Waals surface area contributed by atoms with Crippen LogP contribution < -0.4 is 21.5 Å². The molecule has 3 aromatic rings. The van der Waals surface area contributed by atoms with Gasteiger partial charge in [-0.15, -0.1) is 0 Å². The van der Waals surface area contributed by atoms with Gasteiger partial charge in [-0.2, -0.15) is 0 Å². The van der Waals surface area contributed by atoms with Gasteiger partial charge in [-0.1, -0.05) is 56.4 Å². The van der Waals surface area contributed by atoms with E-state index in [2.05, 4.69) is 49.5 Å². The van der Waals surface area contributed by atoms with Crippen LogP contribution >= 0.6 is 0 Å². The molecule has 4 heteroatoms. The summed E-state index contributed by atoms with van der Waals surface area (Å²) in [4.78, 5) is 13.2. The number of ketones is 1. The lowest BCUT2D eigenvalue weighted by molar-refractivity contribution is 0.0933. The van der Waals surface area contributed by atoms with E-state index < -0.39 is 0 Å². The van der Waals surface area contributed by atoms with Crippen molar-refractivity contribution >= 4 is 23.6 Å². The number of allylic oxidation sites excluding steroid dienone is 4. The van der Waals surface area contributed by atoms with Crippen LogP contribution in [0.3, 0.4) is 0 Å². The zero-order valence-electron chi connectivity index (χ0n) is 21.2. The summed E-state index contributed by atoms with van der Waals surface area (Å²) in [5.74, 6) is -0.506. The van der Waals surface area contributed by atoms with Gasteiger partial charge in [0.2, 0.25) is 0 Å². The Hall–Kier alpha value is -4.18. The molecule has 1 aliphatic heterocycles. The molecule has 3 aliphatic rings. The van der Waals surface area contributed by atoms with Crippen molar-refractivity contribution in [2.45, 2.75) is 32.1 Å². The van der Waals surface area contributed by atoms with Gasteiger partial charge in [0.25, 0.3) is 0 Å². The molecule has 0 saturated carbocycles. The number of fused-ring (bicyclic) bond motifs is 5. The first-order valence-electron chi connectivity index (χ1n) is 12.6. The number of carbonyl (C=O) groups excluding carboxylic acids is 1. The lowest BCUT2D eigenvalue weighted by Gasteiger charge is -2.34. The highest BCUT2D eigenvalue weighted by Crippen LogP contribution is 2.35. The van der Waals surface area contributed by atoms with Gasteiger partial charge in [-0.3, -0.25) is 4.79 Å². The summed E-state index contributed by atoms with van der Waals surface area (Å²) in [5.41, 5.74) is 12.1. The van der Waals surface area contributed by atoms with Crippen LogP contribution in [0.1, 0.15) is 41.8 Å². The van der Waals surface area contributed by atoms with E-state index in [9.17, 15) is 9.18 Å². The number of Topliss-reactive ketones (excluding diaryl/α,β-unsaturated/α-hetero) is 1. The lowest BCUT2D eigenvalue weighted by atomic mass is 9.69. The van der Waals surface area contributed by atoms with Gasteiger partial charge >= 0.3 is 0 Å². The largest absolute Gasteiger partial charge is 0.399 e. The molecule has 186 valence electrons. The summed E-state index contributed by atoms with van der Waals surface area (Å²) in [5, 5.41) is 5.29. The molecule has 0 spiro atoms. The highest BCUT2D eigenvalue weighted by molar-refractivity contribution is 6.01. The van der Waals surface area contributed by atoms with Crippen LogP contribution in [0.25, 0.3) is 23.3 Å². The zero-order valence-corrected chi connectivity index (χ0v) is 21.2. The highest BCUT2D eigenvalue weighted by Gasteiger charge is 2.33. The Morgan fingerprint density at radius 1 is 0.919 bits per heavy atom. The number of hydrogen-bond acceptors (Lipinski definition) is 3. The molecule has 37 heavy (non-hydrogen) atoms. The van der Waals surface area contributed by atoms with E-state index in [-0.39, 0.29) is 22.9 Å². The van der Waals surface area contributed by atoms with Crippen molar-refractivity contribution in [2.75, 3.05) is 5.73 Å². The second-order valence-electron chi connectivity index (χ2n) is 10.3. The number of hydrogen-bond donors (Lipinski definition) is 2. The number of anilines is 1. The molecule has 3 nitrogen and oxygen atoms in total. The molecule has 0 fully saturated rings. The van der Waals surface area contributed by atoms with Crippen molar-refractivity contribution in [1.29, 1.82) is 0 Å². The van der Waals surface area contributed by atoms with E-state index in [0.717, 1.165) is 23.7 Å². The molecule has 1 heterocycles. The summed E-state index contributed by atoms with van der Waals surface area (Å²) in [6.07, 6.45) is 17.5. The second kappa shape index (κ2) is 10.1. The van der Waals surface area contributed by atoms with Crippen LogP contribution in [0, 0.1) is 11.7 Å². The lowest BCUT2D eigenvalue weighted by Crippen LogP contribution is -2.43. The molecule has 0 bridgehead atoms. The molecule has 1 atom stereocenters. The van der Waals surface area contributed by atoms with Gasteiger partial charge in [0.1, 0.15) is 5.82 Å². The Kier molecular flexibility index (Phi) is 6.66. The summed E-state index contributed by atoms with van der Waals surface area (Å²) in [6, 6.07) is 16.4. The molecule has 0 aromatic heterocycles. The Morgan fingerprint density at radius 3 is 2.35 bits per heavy atom. The minimum absolute atomic E-state index is 0.0512. The van der Waals surface area contributed by atoms with Gasteiger partial charge < -0.3 is 11.1 Å². The van der Waals surface area contributed by atoms with E-state index in [0.29, 0.717) is 5.56 Å². The monoisotopic (exact) mass is 490 g/mol. The van der Waals surface area contributed by atoms with Crippen molar-refractivity contribution in [3.05, 3.63) is 124 Å². The minimum Gasteiger partial charge on any atom is -0.399 e. The molecule has 1 unspecified atom stereocenters. The highest BCUT2D eigenvalue weighted by atomic mass is 19.1. The third-order valence-corrected chi connectivity index (χ3v) is 7.24. The minimum atomic E-state index is -0.326. The fourth-order valence-corrected chi connectivity index (χ4v) is 5.44. The quantitative estimate of drug-likeness (QED) is 0.366. The fraction of sp³-hybridized carbons (Fsp3) is 0.182. The number of carbonyl (C=O) groups is 1. The molecule has 2 aliphatic carbocycles.